The first-order chi connectivity index (χ1) is 7.03. The van der Waals surface area contributed by atoms with Crippen molar-refractivity contribution < 1.29 is 17.9 Å². The average Bonchev–Trinajstić information content (AvgIpc) is 1.96. The Labute approximate surface area is 96.4 Å². The van der Waals surface area contributed by atoms with E-state index in [0.717, 1.165) is 6.26 Å². The van der Waals surface area contributed by atoms with E-state index in [2.05, 4.69) is 5.32 Å². The molecule has 0 aromatic heterocycles. The van der Waals surface area contributed by atoms with Crippen LogP contribution >= 0.6 is 0 Å². The summed E-state index contributed by atoms with van der Waals surface area (Å²) in [5.41, 5.74) is 4.74. The molecule has 0 rings (SSSR count). The van der Waals surface area contributed by atoms with Crippen molar-refractivity contribution in [2.45, 2.75) is 32.4 Å². The van der Waals surface area contributed by atoms with E-state index >= 15 is 0 Å². The molecular formula is C9H20N2O4S. The van der Waals surface area contributed by atoms with Gasteiger partial charge >= 0.3 is 6.09 Å². The minimum absolute atomic E-state index is 0.0479. The molecule has 0 spiro atoms. The third-order valence-corrected chi connectivity index (χ3v) is 2.52. The molecule has 0 heterocycles. The highest BCUT2D eigenvalue weighted by Crippen LogP contribution is 2.06. The first kappa shape index (κ1) is 15.2. The van der Waals surface area contributed by atoms with Crippen LogP contribution in [0.3, 0.4) is 0 Å². The minimum atomic E-state index is -3.18. The highest BCUT2D eigenvalue weighted by Gasteiger charge is 2.21. The molecule has 0 aromatic rings. The second-order valence-electron chi connectivity index (χ2n) is 4.67. The molecule has 1 unspecified atom stereocenters. The summed E-state index contributed by atoms with van der Waals surface area (Å²) < 4.78 is 27.0. The van der Waals surface area contributed by atoms with Crippen LogP contribution in [0.4, 0.5) is 4.79 Å². The molecule has 0 fully saturated rings. The first-order valence-electron chi connectivity index (χ1n) is 4.91. The van der Waals surface area contributed by atoms with Gasteiger partial charge in [0, 0.05) is 12.8 Å². The van der Waals surface area contributed by atoms with Gasteiger partial charge in [0.15, 0.2) is 0 Å². The molecule has 0 aliphatic carbocycles. The third kappa shape index (κ3) is 8.49. The molecule has 3 N–H and O–H groups in total. The number of ether oxygens (including phenoxy) is 1. The molecule has 0 bridgehead atoms. The number of sulfone groups is 1. The lowest BCUT2D eigenvalue weighted by molar-refractivity contribution is 0.0511. The zero-order valence-corrected chi connectivity index (χ0v) is 10.9. The summed E-state index contributed by atoms with van der Waals surface area (Å²) in [4.78, 5) is 11.3. The van der Waals surface area contributed by atoms with Crippen LogP contribution in [0.25, 0.3) is 0 Å². The summed E-state index contributed by atoms with van der Waals surface area (Å²) in [7, 11) is -3.18. The normalized spacial score (nSPS) is 14.3. The van der Waals surface area contributed by atoms with Gasteiger partial charge in [-0.15, -0.1) is 0 Å². The lowest BCUT2D eigenvalue weighted by Gasteiger charge is -2.22. The number of carbonyl (C=O) groups excluding carboxylic acids is 1. The lowest BCUT2D eigenvalue weighted by Crippen LogP contribution is -2.46. The minimum Gasteiger partial charge on any atom is -0.444 e. The van der Waals surface area contributed by atoms with E-state index in [1.807, 2.05) is 0 Å². The molecule has 7 heteroatoms. The fraction of sp³-hybridized carbons (Fsp3) is 0.889. The predicted octanol–water partition coefficient (Wildman–Crippen LogP) is -0.117. The predicted molar refractivity (Wildman–Crippen MR) is 61.9 cm³/mol. The van der Waals surface area contributed by atoms with Gasteiger partial charge in [-0.2, -0.15) is 0 Å². The summed E-state index contributed by atoms with van der Waals surface area (Å²) >= 11 is 0. The zero-order chi connectivity index (χ0) is 13.0. The fourth-order valence-corrected chi connectivity index (χ4v) is 1.96. The van der Waals surface area contributed by atoms with Gasteiger partial charge in [-0.3, -0.25) is 0 Å². The van der Waals surface area contributed by atoms with Crippen LogP contribution in [-0.4, -0.2) is 44.7 Å². The number of hydrogen-bond donors (Lipinski definition) is 2. The Kier molecular flexibility index (Phi) is 5.21. The van der Waals surface area contributed by atoms with Gasteiger partial charge in [-0.05, 0) is 20.8 Å². The van der Waals surface area contributed by atoms with Gasteiger partial charge in [-0.1, -0.05) is 0 Å². The Hall–Kier alpha value is -0.820. The summed E-state index contributed by atoms with van der Waals surface area (Å²) in [5.74, 6) is -0.192. The van der Waals surface area contributed by atoms with Crippen LogP contribution in [0.5, 0.6) is 0 Å². The monoisotopic (exact) mass is 252 g/mol. The number of rotatable bonds is 4. The number of nitrogens with one attached hydrogen (secondary N) is 1. The van der Waals surface area contributed by atoms with E-state index < -0.39 is 27.6 Å². The van der Waals surface area contributed by atoms with Crippen molar-refractivity contribution in [3.8, 4) is 0 Å². The Bertz CT molecular complexity index is 332. The molecule has 0 saturated carbocycles. The molecule has 0 aliphatic heterocycles. The van der Waals surface area contributed by atoms with Crippen molar-refractivity contribution >= 4 is 15.9 Å². The lowest BCUT2D eigenvalue weighted by atomic mass is 10.2. The van der Waals surface area contributed by atoms with E-state index in [1.165, 1.54) is 0 Å². The van der Waals surface area contributed by atoms with E-state index in [9.17, 15) is 13.2 Å². The number of nitrogens with two attached hydrogens (primary N) is 1. The van der Waals surface area contributed by atoms with Gasteiger partial charge in [-0.25, -0.2) is 13.2 Å². The molecule has 0 radical (unpaired) electrons. The van der Waals surface area contributed by atoms with Crippen LogP contribution in [0.15, 0.2) is 0 Å². The summed E-state index contributed by atoms with van der Waals surface area (Å²) in [6.45, 7) is 5.22. The van der Waals surface area contributed by atoms with Crippen molar-refractivity contribution in [1.29, 1.82) is 0 Å². The van der Waals surface area contributed by atoms with Crippen LogP contribution in [-0.2, 0) is 14.6 Å². The summed E-state index contributed by atoms with van der Waals surface area (Å²) in [6, 6.07) is -0.621. The third-order valence-electron chi connectivity index (χ3n) is 1.51. The standard InChI is InChI=1S/C9H20N2O4S/c1-9(2,3)15-8(12)11-7(5-10)6-16(4,13)14/h7H,5-6,10H2,1-4H3,(H,11,12). The second kappa shape index (κ2) is 5.49. The fourth-order valence-electron chi connectivity index (χ4n) is 1.01. The highest BCUT2D eigenvalue weighted by atomic mass is 32.2. The Morgan fingerprint density at radius 3 is 2.25 bits per heavy atom. The first-order valence-corrected chi connectivity index (χ1v) is 6.97. The average molecular weight is 252 g/mol. The maximum atomic E-state index is 11.3. The maximum absolute atomic E-state index is 11.3. The van der Waals surface area contributed by atoms with Crippen molar-refractivity contribution in [2.75, 3.05) is 18.6 Å². The molecule has 0 saturated heterocycles. The van der Waals surface area contributed by atoms with Gasteiger partial charge in [0.25, 0.3) is 0 Å². The molecule has 16 heavy (non-hydrogen) atoms. The molecule has 0 aromatic carbocycles. The number of amides is 1. The van der Waals surface area contributed by atoms with Gasteiger partial charge in [0.05, 0.1) is 11.8 Å². The van der Waals surface area contributed by atoms with Crippen LogP contribution in [0, 0.1) is 0 Å². The van der Waals surface area contributed by atoms with E-state index in [1.54, 1.807) is 20.8 Å². The second-order valence-corrected chi connectivity index (χ2v) is 6.86. The molecule has 1 amide bonds. The molecule has 1 atom stereocenters. The Morgan fingerprint density at radius 2 is 1.94 bits per heavy atom. The topological polar surface area (TPSA) is 98.5 Å². The Balaban J connectivity index is 4.29. The molecule has 96 valence electrons. The van der Waals surface area contributed by atoms with E-state index in [4.69, 9.17) is 10.5 Å². The Morgan fingerprint density at radius 1 is 1.44 bits per heavy atom. The highest BCUT2D eigenvalue weighted by molar-refractivity contribution is 7.90. The number of carbonyl (C=O) groups is 1. The van der Waals surface area contributed by atoms with E-state index in [0.29, 0.717) is 0 Å². The zero-order valence-electron chi connectivity index (χ0n) is 10.1. The van der Waals surface area contributed by atoms with Crippen LogP contribution < -0.4 is 11.1 Å². The quantitative estimate of drug-likeness (QED) is 0.727. The maximum Gasteiger partial charge on any atom is 0.407 e. The molecule has 6 nitrogen and oxygen atoms in total. The van der Waals surface area contributed by atoms with Gasteiger partial charge < -0.3 is 15.8 Å². The largest absolute Gasteiger partial charge is 0.444 e. The van der Waals surface area contributed by atoms with Crippen LogP contribution in [0.2, 0.25) is 0 Å². The van der Waals surface area contributed by atoms with Crippen molar-refractivity contribution in [3.05, 3.63) is 0 Å². The number of hydrogen-bond acceptors (Lipinski definition) is 5. The summed E-state index contributed by atoms with van der Waals surface area (Å²) in [6.07, 6.45) is 0.429. The number of alkyl carbamates (subject to hydrolysis) is 1. The molecular weight excluding hydrogens is 232 g/mol. The smallest absolute Gasteiger partial charge is 0.407 e. The van der Waals surface area contributed by atoms with Crippen LogP contribution in [0.1, 0.15) is 20.8 Å². The SMILES string of the molecule is CC(C)(C)OC(=O)NC(CN)CS(C)(=O)=O. The van der Waals surface area contributed by atoms with Crippen molar-refractivity contribution in [1.82, 2.24) is 5.32 Å². The van der Waals surface area contributed by atoms with E-state index in [-0.39, 0.29) is 12.3 Å². The van der Waals surface area contributed by atoms with Crippen molar-refractivity contribution in [2.24, 2.45) is 5.73 Å². The van der Waals surface area contributed by atoms with Gasteiger partial charge in [0.1, 0.15) is 15.4 Å². The van der Waals surface area contributed by atoms with Gasteiger partial charge in [0.2, 0.25) is 0 Å². The molecule has 0 aliphatic rings. The summed E-state index contributed by atoms with van der Waals surface area (Å²) in [5, 5.41) is 2.41. The van der Waals surface area contributed by atoms with Crippen molar-refractivity contribution in [3.63, 3.8) is 0 Å².